The Morgan fingerprint density at radius 2 is 2.05 bits per heavy atom. The Balaban J connectivity index is 2.14. The summed E-state index contributed by atoms with van der Waals surface area (Å²) >= 11 is 0. The highest BCUT2D eigenvalue weighted by Gasteiger charge is 2.13. The number of pyridine rings is 2. The smallest absolute Gasteiger partial charge is 0.247 e. The fourth-order valence-corrected chi connectivity index (χ4v) is 2.48. The van der Waals surface area contributed by atoms with Crippen molar-refractivity contribution in [3.63, 3.8) is 0 Å². The zero-order chi connectivity index (χ0) is 13.9. The maximum atomic E-state index is 11.9. The van der Waals surface area contributed by atoms with E-state index in [9.17, 15) is 13.2 Å². The van der Waals surface area contributed by atoms with Crippen molar-refractivity contribution < 1.29 is 8.42 Å². The first-order valence-corrected chi connectivity index (χ1v) is 7.07. The van der Waals surface area contributed by atoms with Gasteiger partial charge in [-0.2, -0.15) is 0 Å². The highest BCUT2D eigenvalue weighted by atomic mass is 32.2. The van der Waals surface area contributed by atoms with Crippen LogP contribution in [-0.4, -0.2) is 18.4 Å². The van der Waals surface area contributed by atoms with Gasteiger partial charge in [0.25, 0.3) is 0 Å². The van der Waals surface area contributed by atoms with Gasteiger partial charge in [0.2, 0.25) is 15.6 Å². The van der Waals surface area contributed by atoms with Crippen molar-refractivity contribution >= 4 is 10.0 Å². The second kappa shape index (κ2) is 5.33. The van der Waals surface area contributed by atoms with Gasteiger partial charge in [0.1, 0.15) is 0 Å². The number of nitrogens with one attached hydrogen (secondary N) is 2. The summed E-state index contributed by atoms with van der Waals surface area (Å²) in [5, 5.41) is 0. The third-order valence-electron chi connectivity index (χ3n) is 2.46. The molecule has 2 heterocycles. The molecule has 7 heteroatoms. The van der Waals surface area contributed by atoms with Crippen LogP contribution in [0.15, 0.2) is 46.2 Å². The van der Waals surface area contributed by atoms with Crippen molar-refractivity contribution in [2.24, 2.45) is 0 Å². The van der Waals surface area contributed by atoms with Crippen LogP contribution in [0.25, 0.3) is 0 Å². The van der Waals surface area contributed by atoms with Crippen molar-refractivity contribution in [2.45, 2.75) is 18.4 Å². The summed E-state index contributed by atoms with van der Waals surface area (Å²) < 4.78 is 26.3. The molecule has 19 heavy (non-hydrogen) atoms. The second-order valence-electron chi connectivity index (χ2n) is 3.98. The molecule has 2 N–H and O–H groups in total. The Kier molecular flexibility index (Phi) is 3.77. The lowest BCUT2D eigenvalue weighted by Gasteiger charge is -2.06. The summed E-state index contributed by atoms with van der Waals surface area (Å²) in [7, 11) is -3.65. The van der Waals surface area contributed by atoms with Crippen LogP contribution in [0.1, 0.15) is 11.4 Å². The standard InChI is InChI=1S/C12H13N3O3S/c1-9-3-2-4-10(15-9)7-14-19(17,18)11-5-6-12(16)13-8-11/h2-6,8,14H,7H2,1H3,(H,13,16). The highest BCUT2D eigenvalue weighted by molar-refractivity contribution is 7.89. The predicted molar refractivity (Wildman–Crippen MR) is 70.1 cm³/mol. The van der Waals surface area contributed by atoms with Crippen LogP contribution >= 0.6 is 0 Å². The second-order valence-corrected chi connectivity index (χ2v) is 5.75. The van der Waals surface area contributed by atoms with Crippen molar-refractivity contribution in [1.29, 1.82) is 0 Å². The molecular formula is C12H13N3O3S. The van der Waals surface area contributed by atoms with Gasteiger partial charge in [-0.3, -0.25) is 9.78 Å². The molecule has 2 aromatic heterocycles. The van der Waals surface area contributed by atoms with Crippen LogP contribution in [0.4, 0.5) is 0 Å². The Hall–Kier alpha value is -1.99. The molecule has 6 nitrogen and oxygen atoms in total. The van der Waals surface area contributed by atoms with Crippen LogP contribution in [-0.2, 0) is 16.6 Å². The number of rotatable bonds is 4. The van der Waals surface area contributed by atoms with Crippen LogP contribution < -0.4 is 10.3 Å². The number of sulfonamides is 1. The van der Waals surface area contributed by atoms with E-state index in [4.69, 9.17) is 0 Å². The molecule has 0 unspecified atom stereocenters. The Morgan fingerprint density at radius 3 is 2.68 bits per heavy atom. The first kappa shape index (κ1) is 13.4. The van der Waals surface area contributed by atoms with Crippen molar-refractivity contribution in [2.75, 3.05) is 0 Å². The Morgan fingerprint density at radius 1 is 1.26 bits per heavy atom. The first-order valence-electron chi connectivity index (χ1n) is 5.58. The molecule has 0 radical (unpaired) electrons. The van der Waals surface area contributed by atoms with E-state index < -0.39 is 10.0 Å². The number of hydrogen-bond acceptors (Lipinski definition) is 4. The quantitative estimate of drug-likeness (QED) is 0.855. The van der Waals surface area contributed by atoms with Crippen LogP contribution in [0, 0.1) is 6.92 Å². The van der Waals surface area contributed by atoms with Gasteiger partial charge in [0, 0.05) is 18.0 Å². The van der Waals surface area contributed by atoms with Crippen molar-refractivity contribution in [3.8, 4) is 0 Å². The Bertz CT molecular complexity index is 717. The predicted octanol–water partition coefficient (Wildman–Crippen LogP) is 0.557. The number of hydrogen-bond donors (Lipinski definition) is 2. The molecular weight excluding hydrogens is 266 g/mol. The summed E-state index contributed by atoms with van der Waals surface area (Å²) in [6.45, 7) is 1.93. The fourth-order valence-electron chi connectivity index (χ4n) is 1.51. The maximum Gasteiger partial charge on any atom is 0.247 e. The largest absolute Gasteiger partial charge is 0.328 e. The molecule has 0 saturated carbocycles. The number of aryl methyl sites for hydroxylation is 1. The van der Waals surface area contributed by atoms with E-state index in [2.05, 4.69) is 14.7 Å². The molecule has 2 aromatic rings. The summed E-state index contributed by atoms with van der Waals surface area (Å²) in [6, 6.07) is 7.80. The first-order chi connectivity index (χ1) is 8.97. The fraction of sp³-hybridized carbons (Fsp3) is 0.167. The number of aromatic amines is 1. The van der Waals surface area contributed by atoms with Crippen molar-refractivity contribution in [3.05, 3.63) is 58.3 Å². The summed E-state index contributed by atoms with van der Waals surface area (Å²) in [5.74, 6) is 0. The number of nitrogens with zero attached hydrogens (tertiary/aromatic N) is 1. The molecule has 0 bridgehead atoms. The molecule has 100 valence electrons. The van der Waals surface area contributed by atoms with E-state index in [1.807, 2.05) is 19.1 Å². The van der Waals surface area contributed by atoms with E-state index in [-0.39, 0.29) is 17.0 Å². The summed E-state index contributed by atoms with van der Waals surface area (Å²) in [5.41, 5.74) is 1.10. The summed E-state index contributed by atoms with van der Waals surface area (Å²) in [6.07, 6.45) is 1.16. The molecule has 0 aromatic carbocycles. The van der Waals surface area contributed by atoms with Gasteiger partial charge in [0.15, 0.2) is 0 Å². The van der Waals surface area contributed by atoms with E-state index in [1.54, 1.807) is 6.07 Å². The molecule has 2 rings (SSSR count). The van der Waals surface area contributed by atoms with Crippen LogP contribution in [0.5, 0.6) is 0 Å². The van der Waals surface area contributed by atoms with E-state index in [0.29, 0.717) is 5.69 Å². The summed E-state index contributed by atoms with van der Waals surface area (Å²) in [4.78, 5) is 17.4. The molecule has 0 spiro atoms. The monoisotopic (exact) mass is 279 g/mol. The van der Waals surface area contributed by atoms with E-state index in [0.717, 1.165) is 11.9 Å². The highest BCUT2D eigenvalue weighted by Crippen LogP contribution is 2.05. The zero-order valence-corrected chi connectivity index (χ0v) is 11.1. The third kappa shape index (κ3) is 3.49. The van der Waals surface area contributed by atoms with Gasteiger partial charge < -0.3 is 4.98 Å². The molecule has 0 amide bonds. The average Bonchev–Trinajstić information content (AvgIpc) is 2.37. The lowest BCUT2D eigenvalue weighted by Crippen LogP contribution is -2.24. The van der Waals surface area contributed by atoms with E-state index in [1.165, 1.54) is 12.1 Å². The van der Waals surface area contributed by atoms with Gasteiger partial charge in [-0.15, -0.1) is 0 Å². The third-order valence-corrected chi connectivity index (χ3v) is 3.85. The molecule has 0 aliphatic rings. The number of aromatic nitrogens is 2. The SMILES string of the molecule is Cc1cccc(CNS(=O)(=O)c2ccc(=O)[nH]c2)n1. The minimum atomic E-state index is -3.65. The number of H-pyrrole nitrogens is 1. The normalized spacial score (nSPS) is 11.4. The van der Waals surface area contributed by atoms with Gasteiger partial charge >= 0.3 is 0 Å². The topological polar surface area (TPSA) is 91.9 Å². The molecule has 0 aliphatic carbocycles. The minimum Gasteiger partial charge on any atom is -0.328 e. The molecule has 0 saturated heterocycles. The van der Waals surface area contributed by atoms with Crippen LogP contribution in [0.3, 0.4) is 0 Å². The lowest BCUT2D eigenvalue weighted by molar-refractivity contribution is 0.580. The van der Waals surface area contributed by atoms with Gasteiger partial charge in [-0.05, 0) is 25.1 Å². The molecule has 0 aliphatic heterocycles. The maximum absolute atomic E-state index is 11.9. The van der Waals surface area contributed by atoms with Crippen molar-refractivity contribution in [1.82, 2.24) is 14.7 Å². The van der Waals surface area contributed by atoms with Gasteiger partial charge in [0.05, 0.1) is 17.1 Å². The van der Waals surface area contributed by atoms with Gasteiger partial charge in [-0.1, -0.05) is 6.07 Å². The van der Waals surface area contributed by atoms with Crippen LogP contribution in [0.2, 0.25) is 0 Å². The molecule has 0 atom stereocenters. The zero-order valence-electron chi connectivity index (χ0n) is 10.3. The van der Waals surface area contributed by atoms with Gasteiger partial charge in [-0.25, -0.2) is 13.1 Å². The lowest BCUT2D eigenvalue weighted by atomic mass is 10.3. The minimum absolute atomic E-state index is 0.0137. The van der Waals surface area contributed by atoms with E-state index >= 15 is 0 Å². The average molecular weight is 279 g/mol. The Labute approximate surface area is 110 Å². The molecule has 0 fully saturated rings.